The summed E-state index contributed by atoms with van der Waals surface area (Å²) >= 11 is 5.29. The van der Waals surface area contributed by atoms with E-state index in [0.717, 1.165) is 11.1 Å². The van der Waals surface area contributed by atoms with Gasteiger partial charge in [-0.3, -0.25) is 0 Å². The molecule has 0 aliphatic carbocycles. The summed E-state index contributed by atoms with van der Waals surface area (Å²) in [4.78, 5) is 13.8. The van der Waals surface area contributed by atoms with Crippen LogP contribution >= 0.6 is 12.2 Å². The van der Waals surface area contributed by atoms with Crippen molar-refractivity contribution in [3.63, 3.8) is 0 Å². The van der Waals surface area contributed by atoms with Crippen LogP contribution in [0.4, 0.5) is 4.79 Å². The van der Waals surface area contributed by atoms with Gasteiger partial charge >= 0.3 is 6.09 Å². The standard InChI is InChI=1S/C18H17NO3S/c1-2-21-17(20)19-15(13-9-5-3-6-10-13)16(22-18(19)23)14-11-7-4-8-12-14/h3-12,15-16H,2H2,1H3. The average Bonchev–Trinajstić information content (AvgIpc) is 2.94. The lowest BCUT2D eigenvalue weighted by molar-refractivity contribution is 0.116. The number of amides is 1. The smallest absolute Gasteiger partial charge is 0.418 e. The summed E-state index contributed by atoms with van der Waals surface area (Å²) in [5.74, 6) is 0. The lowest BCUT2D eigenvalue weighted by atomic mass is 9.96. The molecule has 0 N–H and O–H groups in total. The van der Waals surface area contributed by atoms with Crippen molar-refractivity contribution in [1.29, 1.82) is 0 Å². The van der Waals surface area contributed by atoms with Gasteiger partial charge in [-0.1, -0.05) is 60.7 Å². The Morgan fingerprint density at radius 2 is 1.65 bits per heavy atom. The number of carbonyl (C=O) groups is 1. The van der Waals surface area contributed by atoms with Gasteiger partial charge in [0.25, 0.3) is 5.17 Å². The molecule has 0 spiro atoms. The highest BCUT2D eigenvalue weighted by molar-refractivity contribution is 7.80. The first-order chi connectivity index (χ1) is 11.2. The molecule has 0 bridgehead atoms. The Kier molecular flexibility index (Phi) is 4.57. The molecule has 118 valence electrons. The Labute approximate surface area is 140 Å². The predicted octanol–water partition coefficient (Wildman–Crippen LogP) is 4.24. The van der Waals surface area contributed by atoms with Crippen LogP contribution in [-0.2, 0) is 9.47 Å². The first-order valence-corrected chi connectivity index (χ1v) is 7.89. The maximum absolute atomic E-state index is 12.4. The third kappa shape index (κ3) is 3.05. The zero-order valence-corrected chi connectivity index (χ0v) is 13.5. The van der Waals surface area contributed by atoms with Crippen LogP contribution in [0.1, 0.15) is 30.2 Å². The van der Waals surface area contributed by atoms with Crippen LogP contribution in [0.25, 0.3) is 0 Å². The maximum atomic E-state index is 12.4. The molecule has 1 amide bonds. The zero-order chi connectivity index (χ0) is 16.2. The van der Waals surface area contributed by atoms with Crippen LogP contribution in [0.15, 0.2) is 60.7 Å². The van der Waals surface area contributed by atoms with Crippen molar-refractivity contribution >= 4 is 23.5 Å². The molecule has 2 atom stereocenters. The van der Waals surface area contributed by atoms with Crippen molar-refractivity contribution in [2.24, 2.45) is 0 Å². The minimum Gasteiger partial charge on any atom is -0.460 e. The Balaban J connectivity index is 2.03. The second-order valence-corrected chi connectivity index (χ2v) is 5.49. The molecule has 3 rings (SSSR count). The SMILES string of the molecule is CCOC(=O)N1C(=S)OC(c2ccccc2)C1c1ccccc1. The molecule has 1 fully saturated rings. The molecule has 2 aromatic rings. The number of benzene rings is 2. The molecule has 4 nitrogen and oxygen atoms in total. The summed E-state index contributed by atoms with van der Waals surface area (Å²) < 4.78 is 11.0. The first-order valence-electron chi connectivity index (χ1n) is 7.49. The normalized spacial score (nSPS) is 20.2. The molecule has 1 aliphatic rings. The van der Waals surface area contributed by atoms with Gasteiger partial charge in [-0.25, -0.2) is 9.69 Å². The monoisotopic (exact) mass is 327 g/mol. The molecular weight excluding hydrogens is 310 g/mol. The van der Waals surface area contributed by atoms with Gasteiger partial charge in [0, 0.05) is 0 Å². The van der Waals surface area contributed by atoms with Crippen molar-refractivity contribution in [1.82, 2.24) is 4.90 Å². The summed E-state index contributed by atoms with van der Waals surface area (Å²) in [5.41, 5.74) is 1.92. The number of thiocarbonyl (C=S) groups is 1. The van der Waals surface area contributed by atoms with E-state index in [2.05, 4.69) is 0 Å². The predicted molar refractivity (Wildman–Crippen MR) is 90.9 cm³/mol. The van der Waals surface area contributed by atoms with Gasteiger partial charge in [0.15, 0.2) is 6.10 Å². The van der Waals surface area contributed by atoms with E-state index in [-0.39, 0.29) is 23.9 Å². The van der Waals surface area contributed by atoms with E-state index in [9.17, 15) is 4.79 Å². The lowest BCUT2D eigenvalue weighted by Crippen LogP contribution is -2.34. The molecular formula is C18H17NO3S. The highest BCUT2D eigenvalue weighted by atomic mass is 32.1. The summed E-state index contributed by atoms with van der Waals surface area (Å²) in [6, 6.07) is 19.1. The third-order valence-electron chi connectivity index (χ3n) is 3.72. The number of hydrogen-bond donors (Lipinski definition) is 0. The van der Waals surface area contributed by atoms with Crippen molar-refractivity contribution in [2.45, 2.75) is 19.1 Å². The van der Waals surface area contributed by atoms with Gasteiger partial charge in [0.05, 0.1) is 6.61 Å². The van der Waals surface area contributed by atoms with Crippen LogP contribution in [0.3, 0.4) is 0 Å². The Morgan fingerprint density at radius 1 is 1.09 bits per heavy atom. The van der Waals surface area contributed by atoms with Crippen LogP contribution in [0, 0.1) is 0 Å². The van der Waals surface area contributed by atoms with E-state index in [1.165, 1.54) is 4.90 Å². The van der Waals surface area contributed by atoms with Gasteiger partial charge in [-0.05, 0) is 30.3 Å². The molecule has 0 radical (unpaired) electrons. The quantitative estimate of drug-likeness (QED) is 0.790. The van der Waals surface area contributed by atoms with E-state index < -0.39 is 6.09 Å². The number of rotatable bonds is 3. The van der Waals surface area contributed by atoms with Crippen molar-refractivity contribution in [2.75, 3.05) is 6.61 Å². The van der Waals surface area contributed by atoms with Gasteiger partial charge in [0.2, 0.25) is 0 Å². The molecule has 1 aliphatic heterocycles. The van der Waals surface area contributed by atoms with E-state index in [1.54, 1.807) is 6.92 Å². The van der Waals surface area contributed by atoms with Crippen LogP contribution in [-0.4, -0.2) is 22.8 Å². The molecule has 1 saturated heterocycles. The fourth-order valence-electron chi connectivity index (χ4n) is 2.73. The highest BCUT2D eigenvalue weighted by Gasteiger charge is 2.45. The maximum Gasteiger partial charge on any atom is 0.418 e. The van der Waals surface area contributed by atoms with E-state index in [1.807, 2.05) is 60.7 Å². The number of nitrogens with zero attached hydrogens (tertiary/aromatic N) is 1. The molecule has 0 aromatic heterocycles. The van der Waals surface area contributed by atoms with Gasteiger partial charge in [-0.15, -0.1) is 0 Å². The Hall–Kier alpha value is -2.40. The topological polar surface area (TPSA) is 38.8 Å². The lowest BCUT2D eigenvalue weighted by Gasteiger charge is -2.24. The summed E-state index contributed by atoms with van der Waals surface area (Å²) in [6.07, 6.45) is -0.833. The minimum atomic E-state index is -0.482. The number of ether oxygens (including phenoxy) is 2. The third-order valence-corrected chi connectivity index (χ3v) is 4.02. The Morgan fingerprint density at radius 3 is 2.22 bits per heavy atom. The fraction of sp³-hybridized carbons (Fsp3) is 0.222. The fourth-order valence-corrected chi connectivity index (χ4v) is 3.02. The van der Waals surface area contributed by atoms with E-state index in [0.29, 0.717) is 0 Å². The average molecular weight is 327 g/mol. The molecule has 2 unspecified atom stereocenters. The van der Waals surface area contributed by atoms with Gasteiger partial charge in [-0.2, -0.15) is 0 Å². The second-order valence-electron chi connectivity index (χ2n) is 5.14. The number of hydrogen-bond acceptors (Lipinski definition) is 4. The van der Waals surface area contributed by atoms with Crippen LogP contribution in [0.5, 0.6) is 0 Å². The van der Waals surface area contributed by atoms with Gasteiger partial charge < -0.3 is 9.47 Å². The van der Waals surface area contributed by atoms with Crippen molar-refractivity contribution in [3.05, 3.63) is 71.8 Å². The van der Waals surface area contributed by atoms with Crippen LogP contribution in [0.2, 0.25) is 0 Å². The summed E-state index contributed by atoms with van der Waals surface area (Å²) in [5, 5.41) is 0.145. The molecule has 2 aromatic carbocycles. The summed E-state index contributed by atoms with van der Waals surface area (Å²) in [7, 11) is 0. The van der Waals surface area contributed by atoms with Crippen LogP contribution < -0.4 is 0 Å². The van der Waals surface area contributed by atoms with E-state index >= 15 is 0 Å². The first kappa shape index (κ1) is 15.5. The number of carbonyl (C=O) groups excluding carboxylic acids is 1. The molecule has 1 heterocycles. The minimum absolute atomic E-state index is 0.145. The second kappa shape index (κ2) is 6.79. The molecule has 5 heteroatoms. The summed E-state index contributed by atoms with van der Waals surface area (Å²) in [6.45, 7) is 2.06. The van der Waals surface area contributed by atoms with Gasteiger partial charge in [0.1, 0.15) is 6.04 Å². The highest BCUT2D eigenvalue weighted by Crippen LogP contribution is 2.43. The Bertz CT molecular complexity index is 690. The van der Waals surface area contributed by atoms with Crippen molar-refractivity contribution in [3.8, 4) is 0 Å². The largest absolute Gasteiger partial charge is 0.460 e. The molecule has 0 saturated carbocycles. The molecule has 23 heavy (non-hydrogen) atoms. The zero-order valence-electron chi connectivity index (χ0n) is 12.7. The van der Waals surface area contributed by atoms with Crippen molar-refractivity contribution < 1.29 is 14.3 Å². The van der Waals surface area contributed by atoms with E-state index in [4.69, 9.17) is 21.7 Å².